The van der Waals surface area contributed by atoms with Crippen molar-refractivity contribution in [3.05, 3.63) is 82.9 Å². The van der Waals surface area contributed by atoms with E-state index in [1.807, 2.05) is 18.3 Å². The second-order valence-electron chi connectivity index (χ2n) is 6.60. The van der Waals surface area contributed by atoms with Crippen LogP contribution < -0.4 is 5.32 Å². The molecular formula is C21H21BrN4S. The standard InChI is InChI=1S/C21H21BrN4S/c1-2-13-26-20(19(24-21(26)27)17-6-3-4-12-23-17)18-7-5-14-25(18)16-10-8-15(22)9-11-16/h3-12,14,19-20H,2,13H2,1H3,(H,24,27)/t19-,20-/m1/s1. The zero-order valence-electron chi connectivity index (χ0n) is 15.0. The summed E-state index contributed by atoms with van der Waals surface area (Å²) < 4.78 is 3.31. The van der Waals surface area contributed by atoms with Gasteiger partial charge in [0.15, 0.2) is 5.11 Å². The minimum atomic E-state index is 0.0225. The first-order valence-electron chi connectivity index (χ1n) is 9.10. The lowest BCUT2D eigenvalue weighted by Gasteiger charge is -2.28. The maximum Gasteiger partial charge on any atom is 0.170 e. The van der Waals surface area contributed by atoms with Crippen molar-refractivity contribution < 1.29 is 0 Å². The lowest BCUT2D eigenvalue weighted by Crippen LogP contribution is -2.31. The molecule has 0 aliphatic carbocycles. The van der Waals surface area contributed by atoms with Gasteiger partial charge in [0.05, 0.1) is 17.8 Å². The van der Waals surface area contributed by atoms with Crippen LogP contribution in [0.3, 0.4) is 0 Å². The molecule has 3 heterocycles. The van der Waals surface area contributed by atoms with E-state index in [9.17, 15) is 0 Å². The Balaban J connectivity index is 1.80. The molecular weight excluding hydrogens is 420 g/mol. The highest BCUT2D eigenvalue weighted by Gasteiger charge is 2.40. The maximum atomic E-state index is 5.68. The molecule has 0 bridgehead atoms. The van der Waals surface area contributed by atoms with Crippen molar-refractivity contribution in [3.63, 3.8) is 0 Å². The number of thiocarbonyl (C=S) groups is 1. The molecule has 1 aromatic carbocycles. The highest BCUT2D eigenvalue weighted by atomic mass is 79.9. The Kier molecular flexibility index (Phi) is 5.27. The Bertz CT molecular complexity index is 923. The van der Waals surface area contributed by atoms with Crippen LogP contribution in [0, 0.1) is 0 Å². The van der Waals surface area contributed by atoms with Crippen LogP contribution in [0.5, 0.6) is 0 Å². The predicted molar refractivity (Wildman–Crippen MR) is 116 cm³/mol. The van der Waals surface area contributed by atoms with Crippen LogP contribution in [-0.2, 0) is 0 Å². The normalized spacial score (nSPS) is 19.3. The summed E-state index contributed by atoms with van der Waals surface area (Å²) in [6.45, 7) is 3.09. The second kappa shape index (κ2) is 7.82. The Hall–Kier alpha value is -2.18. The van der Waals surface area contributed by atoms with Gasteiger partial charge in [0.25, 0.3) is 0 Å². The number of halogens is 1. The Morgan fingerprint density at radius 2 is 1.93 bits per heavy atom. The van der Waals surface area contributed by atoms with Crippen LogP contribution in [0.1, 0.15) is 36.8 Å². The van der Waals surface area contributed by atoms with Crippen LogP contribution in [0.25, 0.3) is 5.69 Å². The molecule has 6 heteroatoms. The number of pyridine rings is 1. The highest BCUT2D eigenvalue weighted by Crippen LogP contribution is 2.39. The van der Waals surface area contributed by atoms with Crippen LogP contribution in [-0.4, -0.2) is 26.1 Å². The minimum absolute atomic E-state index is 0.0225. The van der Waals surface area contributed by atoms with Crippen molar-refractivity contribution in [2.24, 2.45) is 0 Å². The molecule has 2 atom stereocenters. The molecule has 2 aromatic heterocycles. The molecule has 1 N–H and O–H groups in total. The van der Waals surface area contributed by atoms with E-state index in [1.165, 1.54) is 5.69 Å². The van der Waals surface area contributed by atoms with E-state index in [-0.39, 0.29) is 12.1 Å². The zero-order chi connectivity index (χ0) is 18.8. The molecule has 1 aliphatic heterocycles. The molecule has 0 saturated carbocycles. The molecule has 138 valence electrons. The Morgan fingerprint density at radius 3 is 2.63 bits per heavy atom. The Morgan fingerprint density at radius 1 is 1.11 bits per heavy atom. The summed E-state index contributed by atoms with van der Waals surface area (Å²) in [5.74, 6) is 0. The summed E-state index contributed by atoms with van der Waals surface area (Å²) in [6.07, 6.45) is 4.99. The van der Waals surface area contributed by atoms with Crippen LogP contribution in [0.2, 0.25) is 0 Å². The number of hydrogen-bond acceptors (Lipinski definition) is 2. The molecule has 1 aliphatic rings. The first-order chi connectivity index (χ1) is 13.2. The fraction of sp³-hybridized carbons (Fsp3) is 0.238. The summed E-state index contributed by atoms with van der Waals surface area (Å²) in [4.78, 5) is 6.89. The van der Waals surface area contributed by atoms with Crippen molar-refractivity contribution >= 4 is 33.3 Å². The Labute approximate surface area is 173 Å². The molecule has 0 spiro atoms. The van der Waals surface area contributed by atoms with Gasteiger partial charge >= 0.3 is 0 Å². The van der Waals surface area contributed by atoms with Crippen molar-refractivity contribution in [3.8, 4) is 5.69 Å². The number of aromatic nitrogens is 2. The van der Waals surface area contributed by atoms with Gasteiger partial charge in [-0.05, 0) is 67.2 Å². The van der Waals surface area contributed by atoms with E-state index >= 15 is 0 Å². The van der Waals surface area contributed by atoms with Crippen molar-refractivity contribution in [2.45, 2.75) is 25.4 Å². The average Bonchev–Trinajstić information content (AvgIpc) is 3.28. The van der Waals surface area contributed by atoms with Crippen molar-refractivity contribution in [1.29, 1.82) is 0 Å². The lowest BCUT2D eigenvalue weighted by molar-refractivity contribution is 0.309. The fourth-order valence-corrected chi connectivity index (χ4v) is 4.28. The van der Waals surface area contributed by atoms with Crippen LogP contribution in [0.4, 0.5) is 0 Å². The first-order valence-corrected chi connectivity index (χ1v) is 10.3. The van der Waals surface area contributed by atoms with Gasteiger partial charge < -0.3 is 14.8 Å². The smallest absolute Gasteiger partial charge is 0.170 e. The molecule has 27 heavy (non-hydrogen) atoms. The first kappa shape index (κ1) is 18.2. The third-order valence-corrected chi connectivity index (χ3v) is 5.73. The third kappa shape index (κ3) is 3.51. The van der Waals surface area contributed by atoms with Crippen molar-refractivity contribution in [1.82, 2.24) is 19.8 Å². The van der Waals surface area contributed by atoms with Gasteiger partial charge in [0.1, 0.15) is 0 Å². The topological polar surface area (TPSA) is 33.1 Å². The van der Waals surface area contributed by atoms with Crippen LogP contribution in [0.15, 0.2) is 71.5 Å². The summed E-state index contributed by atoms with van der Waals surface area (Å²) >= 11 is 9.20. The van der Waals surface area contributed by atoms with Gasteiger partial charge in [0.2, 0.25) is 0 Å². The summed E-state index contributed by atoms with van der Waals surface area (Å²) in [5, 5.41) is 4.30. The average molecular weight is 441 g/mol. The molecule has 0 amide bonds. The van der Waals surface area contributed by atoms with Gasteiger partial charge in [-0.1, -0.05) is 28.9 Å². The largest absolute Gasteiger partial charge is 0.352 e. The number of nitrogens with one attached hydrogen (secondary N) is 1. The van der Waals surface area contributed by atoms with E-state index in [4.69, 9.17) is 12.2 Å². The predicted octanol–water partition coefficient (Wildman–Crippen LogP) is 5.02. The molecule has 0 unspecified atom stereocenters. The summed E-state index contributed by atoms with van der Waals surface area (Å²) in [6, 6.07) is 18.8. The SMILES string of the molecule is CCCN1C(=S)N[C@H](c2ccccn2)[C@H]1c1cccn1-c1ccc(Br)cc1. The van der Waals surface area contributed by atoms with E-state index in [0.717, 1.165) is 33.9 Å². The number of benzene rings is 1. The molecule has 4 rings (SSSR count). The monoisotopic (exact) mass is 440 g/mol. The highest BCUT2D eigenvalue weighted by molar-refractivity contribution is 9.10. The van der Waals surface area contributed by atoms with Crippen molar-refractivity contribution in [2.75, 3.05) is 6.54 Å². The summed E-state index contributed by atoms with van der Waals surface area (Å²) in [7, 11) is 0. The maximum absolute atomic E-state index is 5.68. The van der Waals surface area contributed by atoms with E-state index in [0.29, 0.717) is 0 Å². The van der Waals surface area contributed by atoms with Gasteiger partial charge in [-0.15, -0.1) is 0 Å². The number of rotatable bonds is 5. The number of hydrogen-bond donors (Lipinski definition) is 1. The van der Waals surface area contributed by atoms with Gasteiger partial charge in [-0.3, -0.25) is 4.98 Å². The number of nitrogens with zero attached hydrogens (tertiary/aromatic N) is 3. The van der Waals surface area contributed by atoms with E-state index in [2.05, 4.69) is 91.3 Å². The van der Waals surface area contributed by atoms with Gasteiger partial charge in [0, 0.05) is 34.8 Å². The third-order valence-electron chi connectivity index (χ3n) is 4.85. The van der Waals surface area contributed by atoms with E-state index in [1.54, 1.807) is 0 Å². The quantitative estimate of drug-likeness (QED) is 0.564. The minimum Gasteiger partial charge on any atom is -0.352 e. The van der Waals surface area contributed by atoms with Gasteiger partial charge in [-0.2, -0.15) is 0 Å². The van der Waals surface area contributed by atoms with Crippen LogP contribution >= 0.6 is 28.1 Å². The lowest BCUT2D eigenvalue weighted by atomic mass is 10.0. The summed E-state index contributed by atoms with van der Waals surface area (Å²) in [5.41, 5.74) is 3.34. The molecule has 3 aromatic rings. The second-order valence-corrected chi connectivity index (χ2v) is 7.90. The molecule has 1 fully saturated rings. The zero-order valence-corrected chi connectivity index (χ0v) is 17.5. The molecule has 0 radical (unpaired) electrons. The molecule has 4 nitrogen and oxygen atoms in total. The fourth-order valence-electron chi connectivity index (χ4n) is 3.68. The molecule has 1 saturated heterocycles. The van der Waals surface area contributed by atoms with E-state index < -0.39 is 0 Å². The van der Waals surface area contributed by atoms with Gasteiger partial charge in [-0.25, -0.2) is 0 Å².